The lowest BCUT2D eigenvalue weighted by molar-refractivity contribution is -0.167. The lowest BCUT2D eigenvalue weighted by atomic mass is 9.85. The maximum atomic E-state index is 11.3. The fourth-order valence-electron chi connectivity index (χ4n) is 2.33. The fraction of sp³-hybridized carbons (Fsp3) is 0.588. The quantitative estimate of drug-likeness (QED) is 0.724. The number of benzene rings is 1. The molecule has 1 aromatic carbocycles. The summed E-state index contributed by atoms with van der Waals surface area (Å²) in [5.74, 6) is -0.324. The summed E-state index contributed by atoms with van der Waals surface area (Å²) >= 11 is 0. The Bertz CT molecular complexity index is 422. The second kappa shape index (κ2) is 8.15. The van der Waals surface area contributed by atoms with Gasteiger partial charge < -0.3 is 14.2 Å². The van der Waals surface area contributed by atoms with Crippen molar-refractivity contribution in [1.82, 2.24) is 0 Å². The van der Waals surface area contributed by atoms with Crippen LogP contribution in [-0.2, 0) is 25.6 Å². The molecule has 0 bridgehead atoms. The van der Waals surface area contributed by atoms with Gasteiger partial charge in [0.25, 0.3) is 0 Å². The van der Waals surface area contributed by atoms with Gasteiger partial charge in [0.1, 0.15) is 6.10 Å². The summed E-state index contributed by atoms with van der Waals surface area (Å²) in [5, 5.41) is 0. The first kappa shape index (κ1) is 17.7. The molecular formula is C17H26O4. The smallest absolute Gasteiger partial charge is 0.303 e. The highest BCUT2D eigenvalue weighted by Gasteiger charge is 2.34. The Balaban J connectivity index is 2.63. The number of ether oxygens (including phenoxy) is 3. The molecule has 0 radical (unpaired) electrons. The number of methoxy groups -OCH3 is 1. The zero-order chi connectivity index (χ0) is 15.9. The number of carbonyl (C=O) groups excluding carboxylic acids is 1. The van der Waals surface area contributed by atoms with Crippen LogP contribution in [0.5, 0.6) is 0 Å². The Hall–Kier alpha value is -1.39. The molecule has 1 rings (SSSR count). The molecule has 0 aliphatic heterocycles. The Labute approximate surface area is 127 Å². The number of hydrogen-bond donors (Lipinski definition) is 0. The fourth-order valence-corrected chi connectivity index (χ4v) is 2.33. The first-order valence-corrected chi connectivity index (χ1v) is 7.16. The summed E-state index contributed by atoms with van der Waals surface area (Å²) < 4.78 is 16.6. The molecule has 0 fully saturated rings. The molecule has 0 heterocycles. The van der Waals surface area contributed by atoms with Gasteiger partial charge in [-0.1, -0.05) is 51.1 Å². The van der Waals surface area contributed by atoms with E-state index in [0.717, 1.165) is 5.56 Å². The molecule has 0 spiro atoms. The van der Waals surface area contributed by atoms with Crippen LogP contribution in [0.3, 0.4) is 0 Å². The third-order valence-corrected chi connectivity index (χ3v) is 3.16. The van der Waals surface area contributed by atoms with Crippen molar-refractivity contribution in [1.29, 1.82) is 0 Å². The van der Waals surface area contributed by atoms with Gasteiger partial charge >= 0.3 is 5.97 Å². The van der Waals surface area contributed by atoms with Crippen LogP contribution in [0.15, 0.2) is 30.3 Å². The molecule has 21 heavy (non-hydrogen) atoms. The standard InChI is InChI=1S/C17H26O4/c1-13(18)21-15(16(19-5)17(2,3)4)12-20-11-14-9-7-6-8-10-14/h6-10,15-16H,11-12H2,1-5H3/t15-,16-/m1/s1. The van der Waals surface area contributed by atoms with Crippen molar-refractivity contribution in [2.24, 2.45) is 5.41 Å². The van der Waals surface area contributed by atoms with Gasteiger partial charge in [-0.05, 0) is 11.0 Å². The first-order chi connectivity index (χ1) is 9.84. The van der Waals surface area contributed by atoms with Crippen LogP contribution in [0.25, 0.3) is 0 Å². The van der Waals surface area contributed by atoms with E-state index in [4.69, 9.17) is 14.2 Å². The topological polar surface area (TPSA) is 44.8 Å². The third-order valence-electron chi connectivity index (χ3n) is 3.16. The minimum absolute atomic E-state index is 0.148. The molecule has 0 saturated heterocycles. The molecule has 0 amide bonds. The molecule has 0 unspecified atom stereocenters. The van der Waals surface area contributed by atoms with Gasteiger partial charge in [-0.2, -0.15) is 0 Å². The summed E-state index contributed by atoms with van der Waals surface area (Å²) in [6.07, 6.45) is -0.645. The highest BCUT2D eigenvalue weighted by Crippen LogP contribution is 2.26. The van der Waals surface area contributed by atoms with E-state index in [2.05, 4.69) is 20.8 Å². The molecular weight excluding hydrogens is 268 g/mol. The van der Waals surface area contributed by atoms with Crippen LogP contribution in [0.1, 0.15) is 33.3 Å². The van der Waals surface area contributed by atoms with E-state index in [1.54, 1.807) is 7.11 Å². The van der Waals surface area contributed by atoms with Gasteiger partial charge in [0, 0.05) is 14.0 Å². The lowest BCUT2D eigenvalue weighted by Crippen LogP contribution is -2.44. The molecule has 0 aliphatic rings. The van der Waals surface area contributed by atoms with Crippen LogP contribution >= 0.6 is 0 Å². The summed E-state index contributed by atoms with van der Waals surface area (Å²) in [6, 6.07) is 9.90. The molecule has 2 atom stereocenters. The van der Waals surface area contributed by atoms with Crippen LogP contribution in [0.2, 0.25) is 0 Å². The van der Waals surface area contributed by atoms with E-state index in [-0.39, 0.29) is 17.5 Å². The second-order valence-electron chi connectivity index (χ2n) is 6.17. The molecule has 0 saturated carbocycles. The van der Waals surface area contributed by atoms with Gasteiger partial charge in [0.05, 0.1) is 13.2 Å². The third kappa shape index (κ3) is 6.27. The minimum Gasteiger partial charge on any atom is -0.457 e. The van der Waals surface area contributed by atoms with Crippen molar-refractivity contribution < 1.29 is 19.0 Å². The summed E-state index contributed by atoms with van der Waals surface area (Å²) in [5.41, 5.74) is 0.939. The number of hydrogen-bond acceptors (Lipinski definition) is 4. The van der Waals surface area contributed by atoms with E-state index in [1.165, 1.54) is 6.92 Å². The zero-order valence-electron chi connectivity index (χ0n) is 13.6. The van der Waals surface area contributed by atoms with Crippen molar-refractivity contribution in [3.05, 3.63) is 35.9 Å². The average Bonchev–Trinajstić information content (AvgIpc) is 2.38. The van der Waals surface area contributed by atoms with Crippen molar-refractivity contribution in [2.45, 2.75) is 46.5 Å². The summed E-state index contributed by atoms with van der Waals surface area (Å²) in [6.45, 7) is 8.35. The predicted octanol–water partition coefficient (Wildman–Crippen LogP) is 3.20. The SMILES string of the molecule is CO[C@H]([C@@H](COCc1ccccc1)OC(C)=O)C(C)(C)C. The van der Waals surface area contributed by atoms with Gasteiger partial charge in [-0.15, -0.1) is 0 Å². The highest BCUT2D eigenvalue weighted by atomic mass is 16.6. The first-order valence-electron chi connectivity index (χ1n) is 7.16. The summed E-state index contributed by atoms with van der Waals surface area (Å²) in [4.78, 5) is 11.3. The molecule has 4 heteroatoms. The maximum Gasteiger partial charge on any atom is 0.303 e. The molecule has 0 aliphatic carbocycles. The van der Waals surface area contributed by atoms with Crippen molar-refractivity contribution >= 4 is 5.97 Å². The predicted molar refractivity (Wildman–Crippen MR) is 81.9 cm³/mol. The van der Waals surface area contributed by atoms with Gasteiger partial charge in [0.2, 0.25) is 0 Å². The monoisotopic (exact) mass is 294 g/mol. The average molecular weight is 294 g/mol. The molecule has 0 N–H and O–H groups in total. The minimum atomic E-state index is -0.420. The normalized spacial score (nSPS) is 14.5. The van der Waals surface area contributed by atoms with Crippen molar-refractivity contribution in [3.8, 4) is 0 Å². The Morgan fingerprint density at radius 2 is 1.81 bits per heavy atom. The molecule has 4 nitrogen and oxygen atoms in total. The molecule has 118 valence electrons. The number of carbonyl (C=O) groups is 1. The Kier molecular flexibility index (Phi) is 6.85. The summed E-state index contributed by atoms with van der Waals surface area (Å²) in [7, 11) is 1.63. The highest BCUT2D eigenvalue weighted by molar-refractivity contribution is 5.66. The van der Waals surface area contributed by atoms with Crippen LogP contribution in [0.4, 0.5) is 0 Å². The van der Waals surface area contributed by atoms with Crippen LogP contribution in [0, 0.1) is 5.41 Å². The van der Waals surface area contributed by atoms with Gasteiger partial charge in [0.15, 0.2) is 6.10 Å². The molecule has 1 aromatic rings. The zero-order valence-corrected chi connectivity index (χ0v) is 13.6. The Morgan fingerprint density at radius 1 is 1.19 bits per heavy atom. The Morgan fingerprint density at radius 3 is 2.29 bits per heavy atom. The lowest BCUT2D eigenvalue weighted by Gasteiger charge is -2.35. The van der Waals surface area contributed by atoms with Crippen molar-refractivity contribution in [2.75, 3.05) is 13.7 Å². The number of rotatable bonds is 7. The molecule has 0 aromatic heterocycles. The van der Waals surface area contributed by atoms with Crippen molar-refractivity contribution in [3.63, 3.8) is 0 Å². The van der Waals surface area contributed by atoms with Crippen LogP contribution < -0.4 is 0 Å². The van der Waals surface area contributed by atoms with Gasteiger partial charge in [-0.25, -0.2) is 0 Å². The van der Waals surface area contributed by atoms with Crippen LogP contribution in [-0.4, -0.2) is 31.9 Å². The second-order valence-corrected chi connectivity index (χ2v) is 6.17. The van der Waals surface area contributed by atoms with E-state index in [9.17, 15) is 4.79 Å². The van der Waals surface area contributed by atoms with Gasteiger partial charge in [-0.3, -0.25) is 4.79 Å². The van der Waals surface area contributed by atoms with E-state index in [0.29, 0.717) is 13.2 Å². The van der Waals surface area contributed by atoms with E-state index in [1.807, 2.05) is 30.3 Å². The van der Waals surface area contributed by atoms with E-state index < -0.39 is 6.10 Å². The largest absolute Gasteiger partial charge is 0.457 e. The maximum absolute atomic E-state index is 11.3. The number of esters is 1. The van der Waals surface area contributed by atoms with E-state index >= 15 is 0 Å².